The van der Waals surface area contributed by atoms with Gasteiger partial charge in [-0.05, 0) is 43.6 Å². The Hall–Kier alpha value is -1.66. The summed E-state index contributed by atoms with van der Waals surface area (Å²) < 4.78 is 39.8. The summed E-state index contributed by atoms with van der Waals surface area (Å²) in [6.07, 6.45) is -2.13. The Labute approximate surface area is 133 Å². The number of piperidine rings is 1. The summed E-state index contributed by atoms with van der Waals surface area (Å²) in [5, 5.41) is 7.28. The molecular weight excluding hydrogens is 303 g/mol. The van der Waals surface area contributed by atoms with E-state index in [1.165, 1.54) is 6.20 Å². The molecule has 2 N–H and O–H groups in total. The van der Waals surface area contributed by atoms with Gasteiger partial charge in [0, 0.05) is 18.1 Å². The van der Waals surface area contributed by atoms with Crippen molar-refractivity contribution in [3.05, 3.63) is 41.6 Å². The number of alkyl halides is 3. The van der Waals surface area contributed by atoms with Crippen LogP contribution in [-0.4, -0.2) is 25.1 Å². The highest BCUT2D eigenvalue weighted by atomic mass is 19.4. The molecule has 0 saturated carbocycles. The fourth-order valence-corrected chi connectivity index (χ4v) is 3.62. The molecular formula is C17H20F3N3. The summed E-state index contributed by atoms with van der Waals surface area (Å²) in [5.74, 6) is 0.435. The number of halogens is 3. The second-order valence-electron chi connectivity index (χ2n) is 6.33. The van der Waals surface area contributed by atoms with Gasteiger partial charge in [0.05, 0.1) is 16.6 Å². The van der Waals surface area contributed by atoms with Gasteiger partial charge >= 0.3 is 6.18 Å². The van der Waals surface area contributed by atoms with E-state index in [0.29, 0.717) is 17.8 Å². The Bertz CT molecular complexity index is 714. The lowest BCUT2D eigenvalue weighted by Crippen LogP contribution is -2.54. The van der Waals surface area contributed by atoms with Gasteiger partial charge in [-0.1, -0.05) is 19.1 Å². The zero-order chi connectivity index (χ0) is 16.7. The smallest absolute Gasteiger partial charge is 0.314 e. The van der Waals surface area contributed by atoms with E-state index in [2.05, 4.69) is 22.5 Å². The van der Waals surface area contributed by atoms with Gasteiger partial charge in [-0.25, -0.2) is 0 Å². The lowest BCUT2D eigenvalue weighted by molar-refractivity contribution is -0.136. The molecule has 1 aliphatic heterocycles. The average Bonchev–Trinajstić information content (AvgIpc) is 2.52. The first-order valence-corrected chi connectivity index (χ1v) is 7.72. The lowest BCUT2D eigenvalue weighted by atomic mass is 9.77. The van der Waals surface area contributed by atoms with Crippen molar-refractivity contribution in [2.45, 2.75) is 25.1 Å². The zero-order valence-corrected chi connectivity index (χ0v) is 13.2. The predicted molar refractivity (Wildman–Crippen MR) is 84.1 cm³/mol. The van der Waals surface area contributed by atoms with Gasteiger partial charge in [-0.15, -0.1) is 0 Å². The molecule has 1 aromatic heterocycles. The molecule has 2 aromatic rings. The van der Waals surface area contributed by atoms with E-state index in [9.17, 15) is 13.2 Å². The minimum absolute atomic E-state index is 0.0188. The highest BCUT2D eigenvalue weighted by Crippen LogP contribution is 2.40. The summed E-state index contributed by atoms with van der Waals surface area (Å²) >= 11 is 0. The Morgan fingerprint density at radius 1 is 1.30 bits per heavy atom. The van der Waals surface area contributed by atoms with Crippen LogP contribution >= 0.6 is 0 Å². The average molecular weight is 323 g/mol. The second-order valence-corrected chi connectivity index (χ2v) is 6.33. The van der Waals surface area contributed by atoms with E-state index < -0.39 is 11.7 Å². The molecule has 0 unspecified atom stereocenters. The van der Waals surface area contributed by atoms with Gasteiger partial charge in [0.1, 0.15) is 0 Å². The minimum Gasteiger partial charge on any atom is -0.314 e. The Morgan fingerprint density at radius 3 is 2.74 bits per heavy atom. The molecule has 0 spiro atoms. The van der Waals surface area contributed by atoms with E-state index >= 15 is 0 Å². The zero-order valence-electron chi connectivity index (χ0n) is 13.2. The number of pyridine rings is 1. The first-order chi connectivity index (χ1) is 10.9. The maximum atomic E-state index is 13.3. The van der Waals surface area contributed by atoms with Crippen molar-refractivity contribution in [1.82, 2.24) is 15.6 Å². The van der Waals surface area contributed by atoms with E-state index in [1.807, 2.05) is 7.05 Å². The monoisotopic (exact) mass is 323 g/mol. The Morgan fingerprint density at radius 2 is 2.09 bits per heavy atom. The third-order valence-electron chi connectivity index (χ3n) is 4.69. The minimum atomic E-state index is -4.41. The number of rotatable bonds is 2. The summed E-state index contributed by atoms with van der Waals surface area (Å²) in [5.41, 5.74) is -0.177. The number of aromatic nitrogens is 1. The molecule has 2 heterocycles. The normalized spacial score (nSPS) is 25.7. The van der Waals surface area contributed by atoms with Crippen molar-refractivity contribution in [1.29, 1.82) is 0 Å². The SMILES string of the molecule is CN[C@]1(c2ccc(C(F)(F)F)c3ncccc23)CNC[C@@H](C)C1. The van der Waals surface area contributed by atoms with Crippen LogP contribution in [0.1, 0.15) is 24.5 Å². The molecule has 1 fully saturated rings. The van der Waals surface area contributed by atoms with Crippen molar-refractivity contribution >= 4 is 10.9 Å². The van der Waals surface area contributed by atoms with E-state index in [1.54, 1.807) is 18.2 Å². The second kappa shape index (κ2) is 5.76. The third-order valence-corrected chi connectivity index (χ3v) is 4.69. The topological polar surface area (TPSA) is 37.0 Å². The van der Waals surface area contributed by atoms with Gasteiger partial charge < -0.3 is 10.6 Å². The largest absolute Gasteiger partial charge is 0.418 e. The van der Waals surface area contributed by atoms with Crippen LogP contribution in [0.15, 0.2) is 30.5 Å². The molecule has 0 aliphatic carbocycles. The third kappa shape index (κ3) is 2.81. The molecule has 3 rings (SSSR count). The standard InChI is InChI=1S/C17H20F3N3/c1-11-8-16(21-2,10-22-9-11)13-5-6-14(17(18,19)20)15-12(13)4-3-7-23-15/h3-7,11,21-22H,8-10H2,1-2H3/t11-,16-/m0/s1. The number of nitrogens with zero attached hydrogens (tertiary/aromatic N) is 1. The molecule has 1 saturated heterocycles. The molecule has 0 amide bonds. The van der Waals surface area contributed by atoms with Crippen LogP contribution in [0.25, 0.3) is 10.9 Å². The molecule has 6 heteroatoms. The number of hydrogen-bond donors (Lipinski definition) is 2. The van der Waals surface area contributed by atoms with E-state index in [4.69, 9.17) is 0 Å². The number of fused-ring (bicyclic) bond motifs is 1. The van der Waals surface area contributed by atoms with Gasteiger partial charge in [-0.2, -0.15) is 13.2 Å². The first kappa shape index (κ1) is 16.2. The maximum Gasteiger partial charge on any atom is 0.418 e. The van der Waals surface area contributed by atoms with E-state index in [-0.39, 0.29) is 11.1 Å². The lowest BCUT2D eigenvalue weighted by Gasteiger charge is -2.41. The quantitative estimate of drug-likeness (QED) is 0.890. The van der Waals surface area contributed by atoms with Crippen LogP contribution in [0.4, 0.5) is 13.2 Å². The number of nitrogens with one attached hydrogen (secondary N) is 2. The van der Waals surface area contributed by atoms with Crippen LogP contribution < -0.4 is 10.6 Å². The Balaban J connectivity index is 2.23. The molecule has 23 heavy (non-hydrogen) atoms. The fraction of sp³-hybridized carbons (Fsp3) is 0.471. The van der Waals surface area contributed by atoms with Gasteiger partial charge in [-0.3, -0.25) is 4.98 Å². The van der Waals surface area contributed by atoms with Crippen LogP contribution in [0.3, 0.4) is 0 Å². The van der Waals surface area contributed by atoms with Crippen molar-refractivity contribution in [2.24, 2.45) is 5.92 Å². The summed E-state index contributed by atoms with van der Waals surface area (Å²) in [6, 6.07) is 6.17. The number of likely N-dealkylation sites (N-methyl/N-ethyl adjacent to an activating group) is 1. The van der Waals surface area contributed by atoms with Crippen LogP contribution in [-0.2, 0) is 11.7 Å². The van der Waals surface area contributed by atoms with Crippen LogP contribution in [0.2, 0.25) is 0 Å². The van der Waals surface area contributed by atoms with Crippen LogP contribution in [0.5, 0.6) is 0 Å². The van der Waals surface area contributed by atoms with Crippen molar-refractivity contribution in [2.75, 3.05) is 20.1 Å². The van der Waals surface area contributed by atoms with E-state index in [0.717, 1.165) is 24.6 Å². The van der Waals surface area contributed by atoms with Crippen molar-refractivity contribution < 1.29 is 13.2 Å². The molecule has 1 aromatic carbocycles. The fourth-order valence-electron chi connectivity index (χ4n) is 3.62. The Kier molecular flexibility index (Phi) is 4.06. The molecule has 1 aliphatic rings. The summed E-state index contributed by atoms with van der Waals surface area (Å²) in [6.45, 7) is 3.74. The number of benzene rings is 1. The maximum absolute atomic E-state index is 13.3. The number of hydrogen-bond acceptors (Lipinski definition) is 3. The molecule has 0 radical (unpaired) electrons. The summed E-state index contributed by atoms with van der Waals surface area (Å²) in [7, 11) is 1.86. The highest BCUT2D eigenvalue weighted by Gasteiger charge is 2.39. The van der Waals surface area contributed by atoms with Gasteiger partial charge in [0.25, 0.3) is 0 Å². The molecule has 124 valence electrons. The highest BCUT2D eigenvalue weighted by molar-refractivity contribution is 5.86. The van der Waals surface area contributed by atoms with Gasteiger partial charge in [0.15, 0.2) is 0 Å². The van der Waals surface area contributed by atoms with Crippen molar-refractivity contribution in [3.8, 4) is 0 Å². The first-order valence-electron chi connectivity index (χ1n) is 7.72. The van der Waals surface area contributed by atoms with Crippen molar-refractivity contribution in [3.63, 3.8) is 0 Å². The van der Waals surface area contributed by atoms with Crippen LogP contribution in [0, 0.1) is 5.92 Å². The predicted octanol–water partition coefficient (Wildman–Crippen LogP) is 3.30. The molecule has 0 bridgehead atoms. The molecule has 2 atom stereocenters. The molecule has 3 nitrogen and oxygen atoms in total. The van der Waals surface area contributed by atoms with Gasteiger partial charge in [0.2, 0.25) is 0 Å². The summed E-state index contributed by atoms with van der Waals surface area (Å²) in [4.78, 5) is 4.02.